The monoisotopic (exact) mass is 179 g/mol. The Balaban J connectivity index is 2.13. The van der Waals surface area contributed by atoms with Crippen molar-refractivity contribution in [1.29, 1.82) is 0 Å². The van der Waals surface area contributed by atoms with Crippen LogP contribution in [0.25, 0.3) is 0 Å². The van der Waals surface area contributed by atoms with Gasteiger partial charge in [-0.25, -0.2) is 4.98 Å². The molecule has 0 bridgehead atoms. The van der Waals surface area contributed by atoms with Crippen LogP contribution in [-0.4, -0.2) is 16.1 Å². The van der Waals surface area contributed by atoms with E-state index >= 15 is 0 Å². The summed E-state index contributed by atoms with van der Waals surface area (Å²) in [5, 5.41) is 3.50. The van der Waals surface area contributed by atoms with Crippen LogP contribution < -0.4 is 5.32 Å². The van der Waals surface area contributed by atoms with Gasteiger partial charge in [0.2, 0.25) is 0 Å². The zero-order valence-corrected chi connectivity index (χ0v) is 8.16. The summed E-state index contributed by atoms with van der Waals surface area (Å²) in [6.45, 7) is 4.45. The third kappa shape index (κ3) is 1.75. The Labute approximate surface area is 79.2 Å². The van der Waals surface area contributed by atoms with Gasteiger partial charge in [0.25, 0.3) is 0 Å². The first-order valence-corrected chi connectivity index (χ1v) is 5.15. The van der Waals surface area contributed by atoms with Crippen LogP contribution in [0.15, 0.2) is 12.5 Å². The Bertz CT molecular complexity index is 261. The molecule has 2 rings (SSSR count). The van der Waals surface area contributed by atoms with Crippen molar-refractivity contribution in [3.05, 3.63) is 18.2 Å². The predicted octanol–water partition coefficient (Wildman–Crippen LogP) is 1.72. The highest BCUT2D eigenvalue weighted by Crippen LogP contribution is 2.22. The van der Waals surface area contributed by atoms with Crippen LogP contribution in [0.2, 0.25) is 0 Å². The summed E-state index contributed by atoms with van der Waals surface area (Å²) >= 11 is 0. The second-order valence-electron chi connectivity index (χ2n) is 3.66. The molecule has 0 spiro atoms. The Hall–Kier alpha value is -0.830. The van der Waals surface area contributed by atoms with Crippen LogP contribution >= 0.6 is 0 Å². The lowest BCUT2D eigenvalue weighted by Gasteiger charge is -2.12. The molecule has 1 aromatic rings. The lowest BCUT2D eigenvalue weighted by atomic mass is 10.2. The molecular formula is C10H17N3. The normalized spacial score (nSPS) is 22.4. The van der Waals surface area contributed by atoms with Crippen LogP contribution in [0.4, 0.5) is 0 Å². The standard InChI is InChI=1S/C10H17N3/c1-2-6-13-8-11-7-10(13)9-4-3-5-12-9/h7-9,12H,2-6H2,1H3. The molecule has 1 saturated heterocycles. The quantitative estimate of drug-likeness (QED) is 0.765. The largest absolute Gasteiger partial charge is 0.333 e. The van der Waals surface area contributed by atoms with Gasteiger partial charge in [0, 0.05) is 18.8 Å². The van der Waals surface area contributed by atoms with Crippen LogP contribution in [0.3, 0.4) is 0 Å². The van der Waals surface area contributed by atoms with Crippen molar-refractivity contribution in [2.75, 3.05) is 6.54 Å². The highest BCUT2D eigenvalue weighted by atomic mass is 15.1. The number of hydrogen-bond acceptors (Lipinski definition) is 2. The molecule has 2 heterocycles. The number of aromatic nitrogens is 2. The SMILES string of the molecule is CCCn1cncc1C1CCCN1. The van der Waals surface area contributed by atoms with Gasteiger partial charge in [0.1, 0.15) is 0 Å². The second kappa shape index (κ2) is 3.92. The molecule has 1 aromatic heterocycles. The summed E-state index contributed by atoms with van der Waals surface area (Å²) in [4.78, 5) is 4.21. The topological polar surface area (TPSA) is 29.9 Å². The zero-order chi connectivity index (χ0) is 9.10. The van der Waals surface area contributed by atoms with Gasteiger partial charge in [-0.15, -0.1) is 0 Å². The van der Waals surface area contributed by atoms with E-state index in [-0.39, 0.29) is 0 Å². The third-order valence-corrected chi connectivity index (χ3v) is 2.63. The molecule has 3 nitrogen and oxygen atoms in total. The fourth-order valence-corrected chi connectivity index (χ4v) is 1.99. The molecule has 1 fully saturated rings. The highest BCUT2D eigenvalue weighted by Gasteiger charge is 2.18. The summed E-state index contributed by atoms with van der Waals surface area (Å²) < 4.78 is 2.27. The zero-order valence-electron chi connectivity index (χ0n) is 8.16. The molecule has 0 aromatic carbocycles. The van der Waals surface area contributed by atoms with Crippen LogP contribution in [-0.2, 0) is 6.54 Å². The fourth-order valence-electron chi connectivity index (χ4n) is 1.99. The maximum absolute atomic E-state index is 4.21. The predicted molar refractivity (Wildman–Crippen MR) is 52.5 cm³/mol. The summed E-state index contributed by atoms with van der Waals surface area (Å²) in [5.41, 5.74) is 1.36. The minimum Gasteiger partial charge on any atom is -0.333 e. The van der Waals surface area contributed by atoms with Crippen LogP contribution in [0, 0.1) is 0 Å². The van der Waals surface area contributed by atoms with Gasteiger partial charge in [0.05, 0.1) is 12.0 Å². The molecule has 0 radical (unpaired) electrons. The molecule has 0 saturated carbocycles. The average Bonchev–Trinajstić information content (AvgIpc) is 2.71. The Morgan fingerprint density at radius 2 is 2.62 bits per heavy atom. The van der Waals surface area contributed by atoms with Gasteiger partial charge in [-0.05, 0) is 25.8 Å². The molecule has 1 aliphatic rings. The average molecular weight is 179 g/mol. The van der Waals surface area contributed by atoms with E-state index in [1.165, 1.54) is 25.0 Å². The lowest BCUT2D eigenvalue weighted by molar-refractivity contribution is 0.558. The van der Waals surface area contributed by atoms with E-state index in [2.05, 4.69) is 21.8 Å². The van der Waals surface area contributed by atoms with E-state index in [4.69, 9.17) is 0 Å². The Morgan fingerprint density at radius 1 is 1.69 bits per heavy atom. The Kier molecular flexibility index (Phi) is 2.64. The fraction of sp³-hybridized carbons (Fsp3) is 0.700. The minimum atomic E-state index is 0.550. The molecule has 13 heavy (non-hydrogen) atoms. The maximum atomic E-state index is 4.21. The minimum absolute atomic E-state index is 0.550. The van der Waals surface area contributed by atoms with E-state index in [1.54, 1.807) is 0 Å². The molecule has 3 heteroatoms. The number of nitrogens with zero attached hydrogens (tertiary/aromatic N) is 2. The molecule has 1 aliphatic heterocycles. The second-order valence-corrected chi connectivity index (χ2v) is 3.66. The molecule has 1 N–H and O–H groups in total. The van der Waals surface area contributed by atoms with Crippen molar-refractivity contribution >= 4 is 0 Å². The van der Waals surface area contributed by atoms with Crippen molar-refractivity contribution < 1.29 is 0 Å². The van der Waals surface area contributed by atoms with Gasteiger partial charge >= 0.3 is 0 Å². The molecule has 1 unspecified atom stereocenters. The number of imidazole rings is 1. The van der Waals surface area contributed by atoms with E-state index in [9.17, 15) is 0 Å². The summed E-state index contributed by atoms with van der Waals surface area (Å²) in [5.74, 6) is 0. The summed E-state index contributed by atoms with van der Waals surface area (Å²) in [6.07, 6.45) is 7.67. The smallest absolute Gasteiger partial charge is 0.0948 e. The molecular weight excluding hydrogens is 162 g/mol. The van der Waals surface area contributed by atoms with Crippen molar-refractivity contribution in [3.8, 4) is 0 Å². The van der Waals surface area contributed by atoms with Crippen molar-refractivity contribution in [3.63, 3.8) is 0 Å². The first-order valence-electron chi connectivity index (χ1n) is 5.15. The van der Waals surface area contributed by atoms with Gasteiger partial charge in [-0.1, -0.05) is 6.92 Å². The van der Waals surface area contributed by atoms with E-state index in [0.29, 0.717) is 6.04 Å². The number of hydrogen-bond donors (Lipinski definition) is 1. The Morgan fingerprint density at radius 3 is 3.31 bits per heavy atom. The lowest BCUT2D eigenvalue weighted by Crippen LogP contribution is -2.16. The van der Waals surface area contributed by atoms with Gasteiger partial charge in [-0.3, -0.25) is 0 Å². The first-order chi connectivity index (χ1) is 6.42. The van der Waals surface area contributed by atoms with Gasteiger partial charge in [0.15, 0.2) is 0 Å². The maximum Gasteiger partial charge on any atom is 0.0948 e. The summed E-state index contributed by atoms with van der Waals surface area (Å²) in [6, 6.07) is 0.550. The van der Waals surface area contributed by atoms with Gasteiger partial charge < -0.3 is 9.88 Å². The molecule has 1 atom stereocenters. The van der Waals surface area contributed by atoms with Crippen molar-refractivity contribution in [1.82, 2.24) is 14.9 Å². The third-order valence-electron chi connectivity index (χ3n) is 2.63. The molecule has 72 valence electrons. The number of nitrogens with one attached hydrogen (secondary N) is 1. The molecule has 0 amide bonds. The van der Waals surface area contributed by atoms with Crippen molar-refractivity contribution in [2.24, 2.45) is 0 Å². The van der Waals surface area contributed by atoms with Crippen LogP contribution in [0.5, 0.6) is 0 Å². The first kappa shape index (κ1) is 8.75. The number of aryl methyl sites for hydroxylation is 1. The molecule has 0 aliphatic carbocycles. The van der Waals surface area contributed by atoms with Crippen molar-refractivity contribution in [2.45, 2.75) is 38.8 Å². The number of rotatable bonds is 3. The van der Waals surface area contributed by atoms with E-state index in [1.807, 2.05) is 12.5 Å². The highest BCUT2D eigenvalue weighted by molar-refractivity contribution is 5.06. The van der Waals surface area contributed by atoms with Crippen LogP contribution in [0.1, 0.15) is 37.9 Å². The van der Waals surface area contributed by atoms with Gasteiger partial charge in [-0.2, -0.15) is 0 Å². The van der Waals surface area contributed by atoms with E-state index < -0.39 is 0 Å². The van der Waals surface area contributed by atoms with E-state index in [0.717, 1.165) is 13.1 Å². The summed E-state index contributed by atoms with van der Waals surface area (Å²) in [7, 11) is 0.